The molecule has 0 aliphatic carbocycles. The summed E-state index contributed by atoms with van der Waals surface area (Å²) in [5, 5.41) is 10.3. The SMILES string of the molecule is CCOc1ccc(-c2[nH]c3ccc(I)cc3c2CC(=O)O)cc1OC. The van der Waals surface area contributed by atoms with Crippen LogP contribution in [0.1, 0.15) is 12.5 Å². The lowest BCUT2D eigenvalue weighted by atomic mass is 10.0. The number of aromatic amines is 1. The second-order valence-corrected chi connectivity index (χ2v) is 6.78. The van der Waals surface area contributed by atoms with Crippen molar-refractivity contribution in [3.63, 3.8) is 0 Å². The Kier molecular flexibility index (Phi) is 5.17. The van der Waals surface area contributed by atoms with Gasteiger partial charge in [-0.15, -0.1) is 0 Å². The van der Waals surface area contributed by atoms with Crippen LogP contribution < -0.4 is 9.47 Å². The van der Waals surface area contributed by atoms with Crippen LogP contribution in [-0.2, 0) is 11.2 Å². The summed E-state index contributed by atoms with van der Waals surface area (Å²) >= 11 is 2.23. The van der Waals surface area contributed by atoms with Crippen LogP contribution in [0.2, 0.25) is 0 Å². The Bertz CT molecular complexity index is 933. The molecular weight excluding hydrogens is 433 g/mol. The third-order valence-electron chi connectivity index (χ3n) is 3.95. The molecule has 5 nitrogen and oxygen atoms in total. The second kappa shape index (κ2) is 7.35. The number of carbonyl (C=O) groups is 1. The van der Waals surface area contributed by atoms with E-state index in [1.807, 2.05) is 43.3 Å². The summed E-state index contributed by atoms with van der Waals surface area (Å²) in [6, 6.07) is 11.6. The molecule has 3 aromatic rings. The van der Waals surface area contributed by atoms with E-state index in [4.69, 9.17) is 9.47 Å². The molecule has 0 aliphatic heterocycles. The van der Waals surface area contributed by atoms with Crippen LogP contribution in [0.15, 0.2) is 36.4 Å². The van der Waals surface area contributed by atoms with Crippen LogP contribution in [0.5, 0.6) is 11.5 Å². The number of methoxy groups -OCH3 is 1. The molecule has 0 radical (unpaired) electrons. The maximum absolute atomic E-state index is 11.4. The van der Waals surface area contributed by atoms with E-state index < -0.39 is 5.97 Å². The zero-order chi connectivity index (χ0) is 18.0. The predicted molar refractivity (Wildman–Crippen MR) is 106 cm³/mol. The molecule has 0 bridgehead atoms. The summed E-state index contributed by atoms with van der Waals surface area (Å²) in [6.45, 7) is 2.46. The molecule has 2 N–H and O–H groups in total. The van der Waals surface area contributed by atoms with Crippen LogP contribution in [0.3, 0.4) is 0 Å². The number of carboxylic acids is 1. The van der Waals surface area contributed by atoms with Crippen molar-refractivity contribution < 1.29 is 19.4 Å². The van der Waals surface area contributed by atoms with E-state index in [2.05, 4.69) is 27.6 Å². The third-order valence-corrected chi connectivity index (χ3v) is 4.62. The van der Waals surface area contributed by atoms with Gasteiger partial charge in [0, 0.05) is 20.0 Å². The number of aromatic nitrogens is 1. The summed E-state index contributed by atoms with van der Waals surface area (Å²) in [5.41, 5.74) is 3.34. The Morgan fingerprint density at radius 3 is 2.68 bits per heavy atom. The minimum atomic E-state index is -0.862. The molecule has 0 atom stereocenters. The highest BCUT2D eigenvalue weighted by Gasteiger charge is 2.17. The van der Waals surface area contributed by atoms with Crippen LogP contribution in [0.25, 0.3) is 22.2 Å². The van der Waals surface area contributed by atoms with Crippen molar-refractivity contribution in [3.05, 3.63) is 45.5 Å². The molecule has 0 saturated heterocycles. The third kappa shape index (κ3) is 3.58. The molecule has 2 aromatic carbocycles. The van der Waals surface area contributed by atoms with Gasteiger partial charge in [0.2, 0.25) is 0 Å². The standard InChI is InChI=1S/C19H18INO4/c1-3-25-16-7-4-11(8-17(16)24-2)19-14(10-18(22)23)13-9-12(20)5-6-15(13)21-19/h4-9,21H,3,10H2,1-2H3,(H,22,23). The molecular formula is C19H18INO4. The van der Waals surface area contributed by atoms with Gasteiger partial charge in [-0.25, -0.2) is 0 Å². The molecule has 0 spiro atoms. The maximum atomic E-state index is 11.4. The number of benzene rings is 2. The topological polar surface area (TPSA) is 71.6 Å². The minimum absolute atomic E-state index is 0.0506. The molecule has 0 amide bonds. The lowest BCUT2D eigenvalue weighted by Gasteiger charge is -2.11. The zero-order valence-electron chi connectivity index (χ0n) is 13.9. The van der Waals surface area contributed by atoms with Crippen LogP contribution in [0.4, 0.5) is 0 Å². The summed E-state index contributed by atoms with van der Waals surface area (Å²) in [7, 11) is 1.59. The number of fused-ring (bicyclic) bond motifs is 1. The number of halogens is 1. The van der Waals surface area contributed by atoms with E-state index in [1.54, 1.807) is 7.11 Å². The molecule has 1 heterocycles. The van der Waals surface area contributed by atoms with Crippen molar-refractivity contribution >= 4 is 39.5 Å². The number of hydrogen-bond acceptors (Lipinski definition) is 3. The van der Waals surface area contributed by atoms with Gasteiger partial charge in [-0.3, -0.25) is 4.79 Å². The Labute approximate surface area is 159 Å². The van der Waals surface area contributed by atoms with Gasteiger partial charge >= 0.3 is 5.97 Å². The number of carboxylic acid groups (broad SMARTS) is 1. The number of nitrogens with one attached hydrogen (secondary N) is 1. The highest BCUT2D eigenvalue weighted by molar-refractivity contribution is 14.1. The molecule has 1 aromatic heterocycles. The molecule has 0 aliphatic rings. The highest BCUT2D eigenvalue weighted by Crippen LogP contribution is 2.36. The molecule has 0 unspecified atom stereocenters. The Balaban J connectivity index is 2.19. The van der Waals surface area contributed by atoms with Gasteiger partial charge in [0.25, 0.3) is 0 Å². The summed E-state index contributed by atoms with van der Waals surface area (Å²) in [6.07, 6.45) is -0.0506. The van der Waals surface area contributed by atoms with Gasteiger partial charge in [0.15, 0.2) is 11.5 Å². The van der Waals surface area contributed by atoms with Crippen molar-refractivity contribution in [1.29, 1.82) is 0 Å². The summed E-state index contributed by atoms with van der Waals surface area (Å²) < 4.78 is 12.0. The van der Waals surface area contributed by atoms with Crippen molar-refractivity contribution in [2.75, 3.05) is 13.7 Å². The van der Waals surface area contributed by atoms with Crippen molar-refractivity contribution in [3.8, 4) is 22.8 Å². The highest BCUT2D eigenvalue weighted by atomic mass is 127. The first-order chi connectivity index (χ1) is 12.0. The van der Waals surface area contributed by atoms with E-state index >= 15 is 0 Å². The molecule has 3 rings (SSSR count). The van der Waals surface area contributed by atoms with Crippen LogP contribution in [-0.4, -0.2) is 29.8 Å². The molecule has 0 saturated carbocycles. The van der Waals surface area contributed by atoms with Gasteiger partial charge in [0.1, 0.15) is 0 Å². The number of aliphatic carboxylic acids is 1. The molecule has 130 valence electrons. The molecule has 0 fully saturated rings. The Morgan fingerprint density at radius 2 is 2.00 bits per heavy atom. The first-order valence-electron chi connectivity index (χ1n) is 7.86. The van der Waals surface area contributed by atoms with Gasteiger partial charge in [-0.05, 0) is 71.5 Å². The Hall–Kier alpha value is -2.22. The average Bonchev–Trinajstić information content (AvgIpc) is 2.93. The summed E-state index contributed by atoms with van der Waals surface area (Å²) in [4.78, 5) is 14.7. The second-order valence-electron chi connectivity index (χ2n) is 5.54. The zero-order valence-corrected chi connectivity index (χ0v) is 16.1. The fourth-order valence-corrected chi connectivity index (χ4v) is 3.39. The summed E-state index contributed by atoms with van der Waals surface area (Å²) in [5.74, 6) is 0.423. The van der Waals surface area contributed by atoms with Gasteiger partial charge in [-0.2, -0.15) is 0 Å². The molecule has 6 heteroatoms. The normalized spacial score (nSPS) is 10.8. The Morgan fingerprint density at radius 1 is 1.20 bits per heavy atom. The van der Waals surface area contributed by atoms with Gasteiger partial charge < -0.3 is 19.6 Å². The van der Waals surface area contributed by atoms with E-state index in [0.29, 0.717) is 18.1 Å². The minimum Gasteiger partial charge on any atom is -0.493 e. The largest absolute Gasteiger partial charge is 0.493 e. The number of H-pyrrole nitrogens is 1. The van der Waals surface area contributed by atoms with E-state index in [-0.39, 0.29) is 6.42 Å². The molecule has 25 heavy (non-hydrogen) atoms. The fraction of sp³-hybridized carbons (Fsp3) is 0.211. The fourth-order valence-electron chi connectivity index (χ4n) is 2.90. The van der Waals surface area contributed by atoms with Crippen molar-refractivity contribution in [1.82, 2.24) is 4.98 Å². The maximum Gasteiger partial charge on any atom is 0.307 e. The van der Waals surface area contributed by atoms with Gasteiger partial charge in [-0.1, -0.05) is 0 Å². The number of hydrogen-bond donors (Lipinski definition) is 2. The lowest BCUT2D eigenvalue weighted by Crippen LogP contribution is -2.01. The van der Waals surface area contributed by atoms with Crippen molar-refractivity contribution in [2.45, 2.75) is 13.3 Å². The monoisotopic (exact) mass is 451 g/mol. The van der Waals surface area contributed by atoms with E-state index in [9.17, 15) is 9.90 Å². The van der Waals surface area contributed by atoms with Gasteiger partial charge in [0.05, 0.1) is 25.8 Å². The van der Waals surface area contributed by atoms with Crippen molar-refractivity contribution in [2.24, 2.45) is 0 Å². The first-order valence-corrected chi connectivity index (χ1v) is 8.94. The predicted octanol–water partition coefficient (Wildman–Crippen LogP) is 4.47. The van der Waals surface area contributed by atoms with E-state index in [1.165, 1.54) is 0 Å². The smallest absolute Gasteiger partial charge is 0.307 e. The van der Waals surface area contributed by atoms with E-state index in [0.717, 1.165) is 31.3 Å². The number of ether oxygens (including phenoxy) is 2. The first kappa shape index (κ1) is 17.6. The average molecular weight is 451 g/mol. The number of rotatable bonds is 6. The van der Waals surface area contributed by atoms with Crippen LogP contribution >= 0.6 is 22.6 Å². The van der Waals surface area contributed by atoms with Crippen LogP contribution in [0, 0.1) is 3.57 Å². The quantitative estimate of drug-likeness (QED) is 0.543. The lowest BCUT2D eigenvalue weighted by molar-refractivity contribution is -0.136.